The van der Waals surface area contributed by atoms with Crippen molar-refractivity contribution in [3.8, 4) is 5.75 Å². The lowest BCUT2D eigenvalue weighted by atomic mass is 9.72. The molecule has 1 saturated heterocycles. The Morgan fingerprint density at radius 3 is 2.51 bits per heavy atom. The first kappa shape index (κ1) is 27.3. The molecule has 5 rings (SSSR count). The molecule has 8 nitrogen and oxygen atoms in total. The summed E-state index contributed by atoms with van der Waals surface area (Å²) in [4.78, 5) is 24.5. The van der Waals surface area contributed by atoms with Crippen molar-refractivity contribution in [2.75, 3.05) is 13.2 Å². The van der Waals surface area contributed by atoms with E-state index in [-0.39, 0.29) is 17.7 Å². The third-order valence-corrected chi connectivity index (χ3v) is 8.26. The van der Waals surface area contributed by atoms with Gasteiger partial charge in [-0.3, -0.25) is 9.78 Å². The predicted octanol–water partition coefficient (Wildman–Crippen LogP) is 4.23. The van der Waals surface area contributed by atoms with Crippen LogP contribution in [0.1, 0.15) is 80.6 Å². The van der Waals surface area contributed by atoms with Gasteiger partial charge in [-0.1, -0.05) is 6.07 Å². The van der Waals surface area contributed by atoms with E-state index in [9.17, 15) is 9.18 Å². The number of nitrogens with zero attached hydrogens (tertiary/aromatic N) is 4. The zero-order valence-corrected chi connectivity index (χ0v) is 23.7. The molecule has 10 heteroatoms. The van der Waals surface area contributed by atoms with E-state index in [1.807, 2.05) is 58.4 Å². The number of hydrogen-bond donors (Lipinski definition) is 0. The van der Waals surface area contributed by atoms with Gasteiger partial charge < -0.3 is 23.5 Å². The number of rotatable bonds is 7. The zero-order valence-electron chi connectivity index (χ0n) is 23.7. The lowest BCUT2D eigenvalue weighted by Crippen LogP contribution is -2.45. The highest BCUT2D eigenvalue weighted by Crippen LogP contribution is 2.38. The Morgan fingerprint density at radius 2 is 1.87 bits per heavy atom. The Hall–Kier alpha value is -3.24. The highest BCUT2D eigenvalue weighted by atomic mass is 19.1. The maximum Gasteiger partial charge on any atom is 0.495 e. The minimum absolute atomic E-state index is 0.102. The number of benzene rings is 1. The van der Waals surface area contributed by atoms with Crippen LogP contribution in [0.3, 0.4) is 0 Å². The summed E-state index contributed by atoms with van der Waals surface area (Å²) >= 11 is 0. The van der Waals surface area contributed by atoms with Crippen LogP contribution in [0, 0.1) is 12.7 Å². The number of pyridine rings is 1. The number of ether oxygens (including phenoxy) is 1. The molecule has 39 heavy (non-hydrogen) atoms. The van der Waals surface area contributed by atoms with Gasteiger partial charge in [-0.25, -0.2) is 9.37 Å². The maximum atomic E-state index is 14.2. The van der Waals surface area contributed by atoms with Gasteiger partial charge in [-0.05, 0) is 77.5 Å². The fraction of sp³-hybridized carbons (Fsp3) is 0.483. The third kappa shape index (κ3) is 4.96. The molecule has 2 aromatic heterocycles. The smallest absolute Gasteiger partial charge is 0.491 e. The molecule has 0 saturated carbocycles. The number of aromatic nitrogens is 3. The van der Waals surface area contributed by atoms with E-state index in [0.717, 1.165) is 28.6 Å². The van der Waals surface area contributed by atoms with Gasteiger partial charge >= 0.3 is 7.12 Å². The molecule has 1 amide bonds. The van der Waals surface area contributed by atoms with E-state index in [0.29, 0.717) is 37.4 Å². The Balaban J connectivity index is 1.53. The molecule has 0 radical (unpaired) electrons. The molecule has 1 fully saturated rings. The summed E-state index contributed by atoms with van der Waals surface area (Å²) < 4.78 is 34.5. The fourth-order valence-corrected chi connectivity index (χ4v) is 5.21. The van der Waals surface area contributed by atoms with Gasteiger partial charge in [0.25, 0.3) is 5.91 Å². The minimum Gasteiger partial charge on any atom is -0.491 e. The SMILES string of the molecule is CCOc1cc(C(C)N2CCc3c(B4OC(C)(C)C(C)(C)O4)cc(Cn4ccnc4C)cc3C2=O)ncc1F. The van der Waals surface area contributed by atoms with Crippen molar-refractivity contribution >= 4 is 18.5 Å². The number of carbonyl (C=O) groups excluding carboxylic acids is 1. The molecule has 1 aromatic carbocycles. The molecule has 1 unspecified atom stereocenters. The van der Waals surface area contributed by atoms with Crippen LogP contribution in [-0.4, -0.2) is 56.8 Å². The van der Waals surface area contributed by atoms with Crippen molar-refractivity contribution in [3.05, 3.63) is 70.8 Å². The van der Waals surface area contributed by atoms with Crippen LogP contribution < -0.4 is 10.2 Å². The van der Waals surface area contributed by atoms with E-state index in [1.54, 1.807) is 24.1 Å². The van der Waals surface area contributed by atoms with Crippen LogP contribution in [0.2, 0.25) is 0 Å². The second-order valence-electron chi connectivity index (χ2n) is 11.3. The quantitative estimate of drug-likeness (QED) is 0.423. The van der Waals surface area contributed by atoms with Crippen LogP contribution in [0.5, 0.6) is 5.75 Å². The molecule has 2 aliphatic rings. The van der Waals surface area contributed by atoms with Crippen molar-refractivity contribution in [2.24, 2.45) is 0 Å². The predicted molar refractivity (Wildman–Crippen MR) is 147 cm³/mol. The van der Waals surface area contributed by atoms with Gasteiger partial charge in [0, 0.05) is 37.1 Å². The number of halogens is 1. The van der Waals surface area contributed by atoms with Crippen LogP contribution in [0.4, 0.5) is 4.39 Å². The van der Waals surface area contributed by atoms with E-state index in [2.05, 4.69) is 16.0 Å². The molecule has 206 valence electrons. The molecule has 3 aromatic rings. The van der Waals surface area contributed by atoms with Gasteiger partial charge in [-0.15, -0.1) is 0 Å². The monoisotopic (exact) mass is 534 g/mol. The first-order valence-electron chi connectivity index (χ1n) is 13.5. The lowest BCUT2D eigenvalue weighted by molar-refractivity contribution is 0.00578. The summed E-state index contributed by atoms with van der Waals surface area (Å²) in [5.74, 6) is 0.406. The number of imidazole rings is 1. The second kappa shape index (κ2) is 10.1. The molecule has 0 spiro atoms. The second-order valence-corrected chi connectivity index (χ2v) is 11.3. The Kier molecular flexibility index (Phi) is 7.05. The third-order valence-electron chi connectivity index (χ3n) is 8.26. The molecule has 0 aliphatic carbocycles. The summed E-state index contributed by atoms with van der Waals surface area (Å²) in [6.45, 7) is 15.2. The Morgan fingerprint density at radius 1 is 1.15 bits per heavy atom. The topological polar surface area (TPSA) is 78.7 Å². The number of aryl methyl sites for hydroxylation is 1. The van der Waals surface area contributed by atoms with Crippen molar-refractivity contribution in [2.45, 2.75) is 78.7 Å². The van der Waals surface area contributed by atoms with Crippen molar-refractivity contribution < 1.29 is 23.2 Å². The van der Waals surface area contributed by atoms with E-state index >= 15 is 0 Å². The zero-order chi connectivity index (χ0) is 28.1. The fourth-order valence-electron chi connectivity index (χ4n) is 5.21. The minimum atomic E-state index is -0.586. The normalized spacial score (nSPS) is 18.8. The van der Waals surface area contributed by atoms with Gasteiger partial charge in [0.15, 0.2) is 11.6 Å². The lowest BCUT2D eigenvalue weighted by Gasteiger charge is -2.35. The first-order valence-corrected chi connectivity index (χ1v) is 13.5. The summed E-state index contributed by atoms with van der Waals surface area (Å²) in [5, 5.41) is 0. The van der Waals surface area contributed by atoms with Gasteiger partial charge in [-0.2, -0.15) is 0 Å². The maximum absolute atomic E-state index is 14.2. The summed E-state index contributed by atoms with van der Waals surface area (Å²) in [6.07, 6.45) is 5.48. The number of fused-ring (bicyclic) bond motifs is 1. The van der Waals surface area contributed by atoms with Crippen molar-refractivity contribution in [1.29, 1.82) is 0 Å². The van der Waals surface area contributed by atoms with Gasteiger partial charge in [0.2, 0.25) is 0 Å². The van der Waals surface area contributed by atoms with Gasteiger partial charge in [0.1, 0.15) is 5.82 Å². The van der Waals surface area contributed by atoms with E-state index in [4.69, 9.17) is 14.0 Å². The highest BCUT2D eigenvalue weighted by molar-refractivity contribution is 6.63. The van der Waals surface area contributed by atoms with Crippen molar-refractivity contribution in [3.63, 3.8) is 0 Å². The standard InChI is InChI=1S/C29H36BFN4O4/c1-8-37-26-15-25(33-16-24(26)31)18(2)35-11-9-21-22(27(35)36)13-20(17-34-12-10-32-19(34)3)14-23(21)30-38-28(4,5)29(6,7)39-30/h10,12-16,18H,8-9,11,17H2,1-7H3. The average Bonchev–Trinajstić information content (AvgIpc) is 3.38. The summed E-state index contributed by atoms with van der Waals surface area (Å²) in [6, 6.07) is 5.28. The molecule has 1 atom stereocenters. The first-order chi connectivity index (χ1) is 18.4. The Labute approximate surface area is 229 Å². The number of amides is 1. The largest absolute Gasteiger partial charge is 0.495 e. The molecule has 2 aliphatic heterocycles. The number of carbonyl (C=O) groups is 1. The van der Waals surface area contributed by atoms with Crippen LogP contribution >= 0.6 is 0 Å². The van der Waals surface area contributed by atoms with Crippen LogP contribution in [0.25, 0.3) is 0 Å². The highest BCUT2D eigenvalue weighted by Gasteiger charge is 2.52. The average molecular weight is 534 g/mol. The number of hydrogen-bond acceptors (Lipinski definition) is 6. The van der Waals surface area contributed by atoms with E-state index < -0.39 is 24.1 Å². The van der Waals surface area contributed by atoms with Gasteiger partial charge in [0.05, 0.1) is 35.7 Å². The summed E-state index contributed by atoms with van der Waals surface area (Å²) in [5.41, 5.74) is 2.97. The Bertz CT molecular complexity index is 1390. The molecule has 0 N–H and O–H groups in total. The molecular weight excluding hydrogens is 498 g/mol. The molecule has 0 bridgehead atoms. The van der Waals surface area contributed by atoms with Crippen molar-refractivity contribution in [1.82, 2.24) is 19.4 Å². The molecular formula is C29H36BFN4O4. The summed E-state index contributed by atoms with van der Waals surface area (Å²) in [7, 11) is -0.586. The van der Waals surface area contributed by atoms with Crippen LogP contribution in [0.15, 0.2) is 36.8 Å². The molecule has 4 heterocycles. The van der Waals surface area contributed by atoms with Crippen LogP contribution in [-0.2, 0) is 22.3 Å². The van der Waals surface area contributed by atoms with E-state index in [1.165, 1.54) is 0 Å².